The predicted molar refractivity (Wildman–Crippen MR) is 81.0 cm³/mol. The number of carbonyl (C=O) groups excluding carboxylic acids is 1. The summed E-state index contributed by atoms with van der Waals surface area (Å²) < 4.78 is 1.30. The fourth-order valence-corrected chi connectivity index (χ4v) is 2.08. The van der Waals surface area contributed by atoms with Crippen molar-refractivity contribution in [3.8, 4) is 0 Å². The lowest BCUT2D eigenvalue weighted by Gasteiger charge is -2.20. The number of hydrogen-bond donors (Lipinski definition) is 0. The van der Waals surface area contributed by atoms with Crippen molar-refractivity contribution in [1.82, 2.24) is 14.7 Å². The summed E-state index contributed by atoms with van der Waals surface area (Å²) in [6.07, 6.45) is 0. The second-order valence-electron chi connectivity index (χ2n) is 4.68. The van der Waals surface area contributed by atoms with Crippen LogP contribution in [0.5, 0.6) is 0 Å². The Balaban J connectivity index is 2.22. The molecular formula is C16H19N3O2. The highest BCUT2D eigenvalue weighted by Crippen LogP contribution is 2.07. The summed E-state index contributed by atoms with van der Waals surface area (Å²) in [5.74, 6) is -0.163. The molecule has 0 aliphatic rings. The standard InChI is InChI=1S/C16H19N3O2/c1-3-18(12-13-8-6-5-7-9-13)16(21)14-10-11-15(20)19(4-2)17-14/h5-11H,3-4,12H2,1-2H3. The molecule has 0 fully saturated rings. The van der Waals surface area contributed by atoms with E-state index in [2.05, 4.69) is 5.10 Å². The minimum atomic E-state index is -0.194. The fraction of sp³-hybridized carbons (Fsp3) is 0.312. The van der Waals surface area contributed by atoms with Crippen molar-refractivity contribution >= 4 is 5.91 Å². The van der Waals surface area contributed by atoms with E-state index in [1.165, 1.54) is 16.8 Å². The summed E-state index contributed by atoms with van der Waals surface area (Å²) in [7, 11) is 0. The van der Waals surface area contributed by atoms with Crippen molar-refractivity contribution in [2.24, 2.45) is 0 Å². The number of carbonyl (C=O) groups is 1. The first-order chi connectivity index (χ1) is 10.2. The quantitative estimate of drug-likeness (QED) is 0.843. The molecule has 1 heterocycles. The van der Waals surface area contributed by atoms with E-state index in [0.29, 0.717) is 25.3 Å². The minimum Gasteiger partial charge on any atom is -0.333 e. The Morgan fingerprint density at radius 2 is 1.86 bits per heavy atom. The maximum absolute atomic E-state index is 12.5. The lowest BCUT2D eigenvalue weighted by atomic mass is 10.2. The molecule has 0 saturated carbocycles. The van der Waals surface area contributed by atoms with Gasteiger partial charge in [0, 0.05) is 25.7 Å². The molecule has 21 heavy (non-hydrogen) atoms. The molecule has 5 nitrogen and oxygen atoms in total. The smallest absolute Gasteiger partial charge is 0.274 e. The topological polar surface area (TPSA) is 55.2 Å². The molecule has 0 spiro atoms. The average molecular weight is 285 g/mol. The van der Waals surface area contributed by atoms with Crippen LogP contribution in [0.4, 0.5) is 0 Å². The molecule has 110 valence electrons. The van der Waals surface area contributed by atoms with E-state index in [0.717, 1.165) is 5.56 Å². The van der Waals surface area contributed by atoms with Crippen LogP contribution in [0, 0.1) is 0 Å². The third kappa shape index (κ3) is 3.56. The van der Waals surface area contributed by atoms with Gasteiger partial charge in [0.05, 0.1) is 0 Å². The second kappa shape index (κ2) is 6.83. The number of nitrogens with zero attached hydrogens (tertiary/aromatic N) is 3. The predicted octanol–water partition coefficient (Wildman–Crippen LogP) is 1.93. The van der Waals surface area contributed by atoms with Crippen molar-refractivity contribution in [3.05, 3.63) is 64.1 Å². The molecule has 0 atom stereocenters. The average Bonchev–Trinajstić information content (AvgIpc) is 2.53. The Morgan fingerprint density at radius 1 is 1.14 bits per heavy atom. The zero-order valence-electron chi connectivity index (χ0n) is 12.3. The van der Waals surface area contributed by atoms with Gasteiger partial charge in [0.1, 0.15) is 5.69 Å². The van der Waals surface area contributed by atoms with Gasteiger partial charge in [-0.25, -0.2) is 4.68 Å². The van der Waals surface area contributed by atoms with Crippen molar-refractivity contribution in [2.45, 2.75) is 26.9 Å². The van der Waals surface area contributed by atoms with Gasteiger partial charge < -0.3 is 4.90 Å². The molecule has 1 aromatic carbocycles. The molecule has 2 rings (SSSR count). The minimum absolute atomic E-state index is 0.163. The van der Waals surface area contributed by atoms with E-state index >= 15 is 0 Å². The van der Waals surface area contributed by atoms with E-state index in [-0.39, 0.29) is 11.5 Å². The van der Waals surface area contributed by atoms with Crippen LogP contribution in [0.15, 0.2) is 47.3 Å². The monoisotopic (exact) mass is 285 g/mol. The summed E-state index contributed by atoms with van der Waals surface area (Å²) in [6.45, 7) is 5.31. The Labute approximate surface area is 123 Å². The van der Waals surface area contributed by atoms with Gasteiger partial charge in [-0.05, 0) is 25.5 Å². The highest BCUT2D eigenvalue weighted by Gasteiger charge is 2.16. The molecule has 1 amide bonds. The van der Waals surface area contributed by atoms with Gasteiger partial charge in [-0.3, -0.25) is 9.59 Å². The number of hydrogen-bond acceptors (Lipinski definition) is 3. The third-order valence-electron chi connectivity index (χ3n) is 3.27. The Kier molecular flexibility index (Phi) is 4.87. The molecule has 0 radical (unpaired) electrons. The van der Waals surface area contributed by atoms with E-state index in [9.17, 15) is 9.59 Å². The van der Waals surface area contributed by atoms with Gasteiger partial charge in [0.15, 0.2) is 0 Å². The molecule has 0 N–H and O–H groups in total. The summed E-state index contributed by atoms with van der Waals surface area (Å²) in [6, 6.07) is 12.7. The van der Waals surface area contributed by atoms with Gasteiger partial charge in [-0.2, -0.15) is 5.10 Å². The molecule has 5 heteroatoms. The zero-order chi connectivity index (χ0) is 15.2. The molecule has 0 unspecified atom stereocenters. The van der Waals surface area contributed by atoms with Crippen LogP contribution in [0.25, 0.3) is 0 Å². The zero-order valence-corrected chi connectivity index (χ0v) is 12.3. The first-order valence-corrected chi connectivity index (χ1v) is 7.07. The van der Waals surface area contributed by atoms with Crippen molar-refractivity contribution in [2.75, 3.05) is 6.54 Å². The van der Waals surface area contributed by atoms with Crippen LogP contribution < -0.4 is 5.56 Å². The summed E-state index contributed by atoms with van der Waals surface area (Å²) in [5.41, 5.74) is 1.17. The maximum atomic E-state index is 12.5. The van der Waals surface area contributed by atoms with Gasteiger partial charge in [0.25, 0.3) is 11.5 Å². The highest BCUT2D eigenvalue weighted by atomic mass is 16.2. The number of aryl methyl sites for hydroxylation is 1. The van der Waals surface area contributed by atoms with Crippen LogP contribution in [-0.4, -0.2) is 27.1 Å². The molecule has 0 saturated heterocycles. The Hall–Kier alpha value is -2.43. The van der Waals surface area contributed by atoms with Crippen LogP contribution >= 0.6 is 0 Å². The maximum Gasteiger partial charge on any atom is 0.274 e. The molecule has 2 aromatic rings. The lowest BCUT2D eigenvalue weighted by Crippen LogP contribution is -2.33. The van der Waals surface area contributed by atoms with Crippen LogP contribution in [0.1, 0.15) is 29.9 Å². The lowest BCUT2D eigenvalue weighted by molar-refractivity contribution is 0.0743. The molecule has 1 aromatic heterocycles. The van der Waals surface area contributed by atoms with Gasteiger partial charge >= 0.3 is 0 Å². The normalized spacial score (nSPS) is 10.4. The van der Waals surface area contributed by atoms with Crippen molar-refractivity contribution in [1.29, 1.82) is 0 Å². The van der Waals surface area contributed by atoms with Crippen LogP contribution in [0.2, 0.25) is 0 Å². The SMILES string of the molecule is CCN(Cc1ccccc1)C(=O)c1ccc(=O)n(CC)n1. The second-order valence-corrected chi connectivity index (χ2v) is 4.68. The van der Waals surface area contributed by atoms with E-state index in [4.69, 9.17) is 0 Å². The fourth-order valence-electron chi connectivity index (χ4n) is 2.08. The number of aromatic nitrogens is 2. The molecule has 0 aliphatic heterocycles. The molecule has 0 aliphatic carbocycles. The Morgan fingerprint density at radius 3 is 2.48 bits per heavy atom. The number of benzene rings is 1. The van der Waals surface area contributed by atoms with Crippen molar-refractivity contribution < 1.29 is 4.79 Å². The Bertz CT molecular complexity index is 665. The van der Waals surface area contributed by atoms with Crippen molar-refractivity contribution in [3.63, 3.8) is 0 Å². The van der Waals surface area contributed by atoms with E-state index in [1.54, 1.807) is 4.90 Å². The summed E-state index contributed by atoms with van der Waals surface area (Å²) >= 11 is 0. The summed E-state index contributed by atoms with van der Waals surface area (Å²) in [5, 5.41) is 4.11. The number of amides is 1. The molecular weight excluding hydrogens is 266 g/mol. The number of rotatable bonds is 5. The molecule has 0 bridgehead atoms. The third-order valence-corrected chi connectivity index (χ3v) is 3.27. The summed E-state index contributed by atoms with van der Waals surface area (Å²) in [4.78, 5) is 25.7. The van der Waals surface area contributed by atoms with E-state index in [1.807, 2.05) is 44.2 Å². The van der Waals surface area contributed by atoms with Gasteiger partial charge in [-0.1, -0.05) is 30.3 Å². The first kappa shape index (κ1) is 15.0. The van der Waals surface area contributed by atoms with E-state index < -0.39 is 0 Å². The largest absolute Gasteiger partial charge is 0.333 e. The first-order valence-electron chi connectivity index (χ1n) is 7.07. The van der Waals surface area contributed by atoms with Gasteiger partial charge in [-0.15, -0.1) is 0 Å². The van der Waals surface area contributed by atoms with Gasteiger partial charge in [0.2, 0.25) is 0 Å². The van der Waals surface area contributed by atoms with Crippen LogP contribution in [-0.2, 0) is 13.1 Å². The van der Waals surface area contributed by atoms with Crippen LogP contribution in [0.3, 0.4) is 0 Å². The highest BCUT2D eigenvalue weighted by molar-refractivity contribution is 5.92.